The van der Waals surface area contributed by atoms with Gasteiger partial charge in [0, 0.05) is 18.1 Å². The number of carbonyl (C=O) groups excluding carboxylic acids is 2. The Kier molecular flexibility index (Phi) is 10.2. The fraction of sp³-hybridized carbons (Fsp3) is 0.333. The van der Waals surface area contributed by atoms with Gasteiger partial charge in [0.15, 0.2) is 0 Å². The highest BCUT2D eigenvalue weighted by atomic mass is 35.5. The molecule has 1 atom stereocenters. The molecule has 2 amide bonds. The molecule has 3 aromatic carbocycles. The average Bonchev–Trinajstić information content (AvgIpc) is 2.89. The Morgan fingerprint density at radius 3 is 2.05 bits per heavy atom. The summed E-state index contributed by atoms with van der Waals surface area (Å²) in [4.78, 5) is 28.4. The van der Waals surface area contributed by atoms with Crippen LogP contribution in [0.4, 0.5) is 5.69 Å². The van der Waals surface area contributed by atoms with E-state index in [9.17, 15) is 18.0 Å². The lowest BCUT2D eigenvalue weighted by atomic mass is 10.1. The first-order valence-electron chi connectivity index (χ1n) is 12.9. The molecule has 0 bridgehead atoms. The van der Waals surface area contributed by atoms with Crippen LogP contribution in [0.25, 0.3) is 0 Å². The van der Waals surface area contributed by atoms with Crippen LogP contribution in [-0.4, -0.2) is 44.3 Å². The second-order valence-corrected chi connectivity index (χ2v) is 12.4. The van der Waals surface area contributed by atoms with Gasteiger partial charge in [-0.25, -0.2) is 8.42 Å². The van der Waals surface area contributed by atoms with E-state index in [0.717, 1.165) is 21.0 Å². The van der Waals surface area contributed by atoms with E-state index in [2.05, 4.69) is 5.32 Å². The second-order valence-electron chi connectivity index (χ2n) is 10.1. The maximum absolute atomic E-state index is 13.9. The third-order valence-electron chi connectivity index (χ3n) is 6.30. The summed E-state index contributed by atoms with van der Waals surface area (Å²) in [7, 11) is -4.10. The van der Waals surface area contributed by atoms with Crippen LogP contribution in [0, 0.1) is 19.8 Å². The smallest absolute Gasteiger partial charge is 0.264 e. The van der Waals surface area contributed by atoms with Crippen molar-refractivity contribution in [1.29, 1.82) is 0 Å². The van der Waals surface area contributed by atoms with Crippen molar-refractivity contribution in [1.82, 2.24) is 10.2 Å². The van der Waals surface area contributed by atoms with Crippen molar-refractivity contribution in [2.45, 2.75) is 52.1 Å². The molecular formula is C30H36ClN3O4S. The average molecular weight is 570 g/mol. The number of benzene rings is 3. The van der Waals surface area contributed by atoms with Crippen LogP contribution in [-0.2, 0) is 26.2 Å². The van der Waals surface area contributed by atoms with E-state index in [1.165, 1.54) is 17.0 Å². The summed E-state index contributed by atoms with van der Waals surface area (Å²) in [6.45, 7) is 9.44. The molecular weight excluding hydrogens is 534 g/mol. The number of hydrogen-bond acceptors (Lipinski definition) is 4. The van der Waals surface area contributed by atoms with Crippen LogP contribution in [0.15, 0.2) is 77.7 Å². The Morgan fingerprint density at radius 1 is 0.897 bits per heavy atom. The third-order valence-corrected chi connectivity index (χ3v) is 8.33. The van der Waals surface area contributed by atoms with Crippen LogP contribution in [0.3, 0.4) is 0 Å². The molecule has 0 radical (unpaired) electrons. The molecule has 0 saturated carbocycles. The van der Waals surface area contributed by atoms with Crippen molar-refractivity contribution < 1.29 is 18.0 Å². The molecule has 0 fully saturated rings. The maximum Gasteiger partial charge on any atom is 0.264 e. The van der Waals surface area contributed by atoms with Crippen LogP contribution in [0.5, 0.6) is 0 Å². The second kappa shape index (κ2) is 13.1. The highest BCUT2D eigenvalue weighted by Crippen LogP contribution is 2.25. The molecule has 0 saturated heterocycles. The zero-order valence-corrected chi connectivity index (χ0v) is 24.6. The Balaban J connectivity index is 2.01. The van der Waals surface area contributed by atoms with E-state index in [1.54, 1.807) is 61.5 Å². The Hall–Kier alpha value is -3.36. The summed E-state index contributed by atoms with van der Waals surface area (Å²) in [6, 6.07) is 19.6. The van der Waals surface area contributed by atoms with Gasteiger partial charge >= 0.3 is 0 Å². The third kappa shape index (κ3) is 8.07. The molecule has 1 N–H and O–H groups in total. The van der Waals surface area contributed by atoms with Crippen LogP contribution in [0.2, 0.25) is 5.02 Å². The first-order chi connectivity index (χ1) is 18.4. The number of anilines is 1. The number of nitrogens with zero attached hydrogens (tertiary/aromatic N) is 2. The molecule has 3 rings (SSSR count). The highest BCUT2D eigenvalue weighted by molar-refractivity contribution is 7.92. The van der Waals surface area contributed by atoms with E-state index in [-0.39, 0.29) is 23.3 Å². The molecule has 9 heteroatoms. The minimum Gasteiger partial charge on any atom is -0.354 e. The van der Waals surface area contributed by atoms with Crippen molar-refractivity contribution in [2.24, 2.45) is 5.92 Å². The molecule has 0 heterocycles. The topological polar surface area (TPSA) is 86.8 Å². The van der Waals surface area contributed by atoms with Gasteiger partial charge in [-0.1, -0.05) is 73.0 Å². The molecule has 0 unspecified atom stereocenters. The summed E-state index contributed by atoms with van der Waals surface area (Å²) in [6.07, 6.45) is 0. The normalized spacial score (nSPS) is 12.2. The highest BCUT2D eigenvalue weighted by Gasteiger charge is 2.32. The van der Waals surface area contributed by atoms with E-state index >= 15 is 0 Å². The van der Waals surface area contributed by atoms with Crippen LogP contribution >= 0.6 is 11.6 Å². The Bertz CT molecular complexity index is 1390. The zero-order chi connectivity index (χ0) is 28.7. The Labute approximate surface area is 236 Å². The van der Waals surface area contributed by atoms with E-state index < -0.39 is 28.5 Å². The van der Waals surface area contributed by atoms with Gasteiger partial charge in [-0.3, -0.25) is 13.9 Å². The number of sulfonamides is 1. The number of rotatable bonds is 11. The van der Waals surface area contributed by atoms with Crippen molar-refractivity contribution >= 4 is 39.1 Å². The largest absolute Gasteiger partial charge is 0.354 e. The lowest BCUT2D eigenvalue weighted by molar-refractivity contribution is -0.139. The van der Waals surface area contributed by atoms with Gasteiger partial charge in [-0.05, 0) is 68.7 Å². The SMILES string of the molecule is Cc1ccc(N(CC(=O)N(Cc2cccc(Cl)c2)[C@@H](C)C(=O)NCC(C)C)S(=O)(=O)c2ccc(C)cc2)cc1. The summed E-state index contributed by atoms with van der Waals surface area (Å²) >= 11 is 6.18. The van der Waals surface area contributed by atoms with E-state index in [0.29, 0.717) is 17.3 Å². The fourth-order valence-electron chi connectivity index (χ4n) is 3.94. The van der Waals surface area contributed by atoms with Gasteiger partial charge in [0.05, 0.1) is 10.6 Å². The predicted octanol–water partition coefficient (Wildman–Crippen LogP) is 5.34. The van der Waals surface area contributed by atoms with Gasteiger partial charge in [0.25, 0.3) is 10.0 Å². The Morgan fingerprint density at radius 2 is 1.49 bits per heavy atom. The minimum absolute atomic E-state index is 0.0746. The van der Waals surface area contributed by atoms with Gasteiger partial charge in [0.2, 0.25) is 11.8 Å². The first-order valence-corrected chi connectivity index (χ1v) is 14.7. The number of hydrogen-bond donors (Lipinski definition) is 1. The number of halogens is 1. The van der Waals surface area contributed by atoms with Gasteiger partial charge in [0.1, 0.15) is 12.6 Å². The first kappa shape index (κ1) is 30.2. The molecule has 0 aliphatic carbocycles. The monoisotopic (exact) mass is 569 g/mol. The van der Waals surface area contributed by atoms with Crippen molar-refractivity contribution in [3.05, 3.63) is 94.5 Å². The molecule has 3 aromatic rings. The zero-order valence-electron chi connectivity index (χ0n) is 23.0. The molecule has 39 heavy (non-hydrogen) atoms. The standard InChI is InChI=1S/C30H36ClN3O4S/c1-21(2)18-32-30(36)24(5)33(19-25-7-6-8-26(31)17-25)29(35)20-34(27-13-9-22(3)10-14-27)39(37,38)28-15-11-23(4)12-16-28/h6-17,21,24H,18-20H2,1-5H3,(H,32,36)/t24-/m0/s1. The number of amides is 2. The predicted molar refractivity (Wildman–Crippen MR) is 156 cm³/mol. The van der Waals surface area contributed by atoms with Crippen molar-refractivity contribution in [2.75, 3.05) is 17.4 Å². The van der Waals surface area contributed by atoms with Crippen molar-refractivity contribution in [3.63, 3.8) is 0 Å². The van der Waals surface area contributed by atoms with Crippen molar-refractivity contribution in [3.8, 4) is 0 Å². The quantitative estimate of drug-likeness (QED) is 0.338. The summed E-state index contributed by atoms with van der Waals surface area (Å²) in [5.74, 6) is -0.601. The molecule has 0 aliphatic heterocycles. The van der Waals surface area contributed by atoms with Crippen LogP contribution < -0.4 is 9.62 Å². The molecule has 0 aromatic heterocycles. The lowest BCUT2D eigenvalue weighted by Crippen LogP contribution is -2.51. The van der Waals surface area contributed by atoms with Crippen LogP contribution in [0.1, 0.15) is 37.5 Å². The summed E-state index contributed by atoms with van der Waals surface area (Å²) < 4.78 is 28.8. The lowest BCUT2D eigenvalue weighted by Gasteiger charge is -2.32. The van der Waals surface area contributed by atoms with Gasteiger partial charge in [-0.2, -0.15) is 0 Å². The molecule has 0 spiro atoms. The van der Waals surface area contributed by atoms with E-state index in [4.69, 9.17) is 11.6 Å². The number of carbonyl (C=O) groups is 2. The summed E-state index contributed by atoms with van der Waals surface area (Å²) in [5.41, 5.74) is 2.95. The molecule has 208 valence electrons. The minimum atomic E-state index is -4.10. The number of aryl methyl sites for hydroxylation is 2. The fourth-order valence-corrected chi connectivity index (χ4v) is 5.57. The van der Waals surface area contributed by atoms with Gasteiger partial charge in [-0.15, -0.1) is 0 Å². The number of nitrogens with one attached hydrogen (secondary N) is 1. The maximum atomic E-state index is 13.9. The van der Waals surface area contributed by atoms with E-state index in [1.807, 2.05) is 33.8 Å². The molecule has 0 aliphatic rings. The summed E-state index contributed by atoms with van der Waals surface area (Å²) in [5, 5.41) is 3.38. The molecule has 7 nitrogen and oxygen atoms in total. The van der Waals surface area contributed by atoms with Gasteiger partial charge < -0.3 is 10.2 Å².